The van der Waals surface area contributed by atoms with Crippen molar-refractivity contribution < 1.29 is 14.3 Å². The number of ether oxygens (including phenoxy) is 2. The van der Waals surface area contributed by atoms with Crippen LogP contribution in [-0.4, -0.2) is 37.6 Å². The quantitative estimate of drug-likeness (QED) is 0.365. The summed E-state index contributed by atoms with van der Waals surface area (Å²) in [5.41, 5.74) is 3.51. The highest BCUT2D eigenvalue weighted by molar-refractivity contribution is 6.01. The van der Waals surface area contributed by atoms with Crippen LogP contribution in [0.4, 0.5) is 0 Å². The van der Waals surface area contributed by atoms with E-state index in [4.69, 9.17) is 19.4 Å². The SMILES string of the molecule is CC(C)CC(=O)Oc1cn(CC2CCCO2)c2nc(CC(C)C)n3c4ccccc4nc3c12. The number of carbonyl (C=O) groups excluding carboxylic acids is 1. The fourth-order valence-electron chi connectivity index (χ4n) is 4.70. The summed E-state index contributed by atoms with van der Waals surface area (Å²) in [6, 6.07) is 8.10. The number of fused-ring (bicyclic) bond motifs is 5. The van der Waals surface area contributed by atoms with Crippen molar-refractivity contribution in [3.63, 3.8) is 0 Å². The van der Waals surface area contributed by atoms with Gasteiger partial charge in [0, 0.05) is 25.6 Å². The molecule has 0 radical (unpaired) electrons. The second-order valence-corrected chi connectivity index (χ2v) is 9.94. The van der Waals surface area contributed by atoms with Crippen LogP contribution >= 0.6 is 0 Å². The van der Waals surface area contributed by atoms with Crippen molar-refractivity contribution in [1.82, 2.24) is 18.9 Å². The topological polar surface area (TPSA) is 70.7 Å². The van der Waals surface area contributed by atoms with Gasteiger partial charge >= 0.3 is 5.97 Å². The van der Waals surface area contributed by atoms with E-state index in [1.807, 2.05) is 38.2 Å². The van der Waals surface area contributed by atoms with E-state index in [1.54, 1.807) is 0 Å². The molecule has 1 saturated heterocycles. The Hall–Kier alpha value is -2.93. The maximum Gasteiger partial charge on any atom is 0.311 e. The van der Waals surface area contributed by atoms with Gasteiger partial charge in [0.2, 0.25) is 0 Å². The first-order valence-electron chi connectivity index (χ1n) is 12.0. The molecule has 33 heavy (non-hydrogen) atoms. The van der Waals surface area contributed by atoms with Crippen molar-refractivity contribution in [2.75, 3.05) is 6.61 Å². The molecule has 1 atom stereocenters. The maximum atomic E-state index is 12.6. The lowest BCUT2D eigenvalue weighted by molar-refractivity contribution is -0.135. The lowest BCUT2D eigenvalue weighted by Gasteiger charge is -2.13. The third-order valence-corrected chi connectivity index (χ3v) is 6.11. The smallest absolute Gasteiger partial charge is 0.311 e. The molecule has 1 aromatic carbocycles. The molecule has 1 aliphatic heterocycles. The maximum absolute atomic E-state index is 12.6. The molecule has 0 spiro atoms. The van der Waals surface area contributed by atoms with Crippen molar-refractivity contribution in [1.29, 1.82) is 0 Å². The zero-order valence-electron chi connectivity index (χ0n) is 19.9. The van der Waals surface area contributed by atoms with Crippen molar-refractivity contribution in [2.24, 2.45) is 11.8 Å². The van der Waals surface area contributed by atoms with Gasteiger partial charge in [0.25, 0.3) is 0 Å². The molecule has 7 nitrogen and oxygen atoms in total. The van der Waals surface area contributed by atoms with E-state index in [0.717, 1.165) is 59.4 Å². The van der Waals surface area contributed by atoms with Crippen LogP contribution in [0.15, 0.2) is 30.5 Å². The Balaban J connectivity index is 1.75. The van der Waals surface area contributed by atoms with Crippen LogP contribution in [0.3, 0.4) is 0 Å². The van der Waals surface area contributed by atoms with Gasteiger partial charge in [-0.2, -0.15) is 0 Å². The fraction of sp³-hybridized carbons (Fsp3) is 0.500. The molecule has 3 aromatic heterocycles. The van der Waals surface area contributed by atoms with Gasteiger partial charge < -0.3 is 14.0 Å². The zero-order chi connectivity index (χ0) is 23.1. The molecule has 0 saturated carbocycles. The summed E-state index contributed by atoms with van der Waals surface area (Å²) in [6.45, 7) is 9.90. The molecule has 4 aromatic rings. The molecule has 0 amide bonds. The molecule has 5 rings (SSSR count). The summed E-state index contributed by atoms with van der Waals surface area (Å²) >= 11 is 0. The predicted molar refractivity (Wildman–Crippen MR) is 129 cm³/mol. The molecule has 1 fully saturated rings. The van der Waals surface area contributed by atoms with Gasteiger partial charge in [0.15, 0.2) is 11.4 Å². The van der Waals surface area contributed by atoms with Crippen LogP contribution < -0.4 is 4.74 Å². The first kappa shape index (κ1) is 21.9. The summed E-state index contributed by atoms with van der Waals surface area (Å²) in [7, 11) is 0. The molecule has 1 unspecified atom stereocenters. The van der Waals surface area contributed by atoms with Gasteiger partial charge in [-0.05, 0) is 36.8 Å². The van der Waals surface area contributed by atoms with Gasteiger partial charge in [-0.3, -0.25) is 9.20 Å². The van der Waals surface area contributed by atoms with Gasteiger partial charge in [0.1, 0.15) is 16.9 Å². The highest BCUT2D eigenvalue weighted by atomic mass is 16.5. The minimum Gasteiger partial charge on any atom is -0.424 e. The Labute approximate surface area is 193 Å². The molecule has 0 N–H and O–H groups in total. The van der Waals surface area contributed by atoms with Crippen LogP contribution in [-0.2, 0) is 22.5 Å². The molecule has 1 aliphatic rings. The van der Waals surface area contributed by atoms with Crippen LogP contribution in [0.25, 0.3) is 27.7 Å². The summed E-state index contributed by atoms with van der Waals surface area (Å²) in [4.78, 5) is 22.7. The minimum absolute atomic E-state index is 0.144. The Morgan fingerprint density at radius 2 is 1.97 bits per heavy atom. The normalized spacial score (nSPS) is 16.7. The van der Waals surface area contributed by atoms with E-state index in [1.165, 1.54) is 0 Å². The van der Waals surface area contributed by atoms with Gasteiger partial charge in [-0.25, -0.2) is 9.97 Å². The van der Waals surface area contributed by atoms with E-state index in [-0.39, 0.29) is 18.0 Å². The fourth-order valence-corrected chi connectivity index (χ4v) is 4.70. The van der Waals surface area contributed by atoms with Gasteiger partial charge in [-0.1, -0.05) is 39.8 Å². The number of benzene rings is 1. The number of rotatable bonds is 7. The van der Waals surface area contributed by atoms with Crippen LogP contribution in [0.1, 0.15) is 52.8 Å². The second kappa shape index (κ2) is 8.78. The van der Waals surface area contributed by atoms with Crippen LogP contribution in [0.2, 0.25) is 0 Å². The predicted octanol–water partition coefficient (Wildman–Crippen LogP) is 5.17. The zero-order valence-corrected chi connectivity index (χ0v) is 19.9. The van der Waals surface area contributed by atoms with E-state index in [0.29, 0.717) is 24.6 Å². The van der Waals surface area contributed by atoms with E-state index < -0.39 is 0 Å². The molecular formula is C26H32N4O3. The highest BCUT2D eigenvalue weighted by Gasteiger charge is 2.25. The molecule has 174 valence electrons. The minimum atomic E-state index is -0.235. The Kier molecular flexibility index (Phi) is 5.83. The van der Waals surface area contributed by atoms with E-state index >= 15 is 0 Å². The molecule has 7 heteroatoms. The summed E-state index contributed by atoms with van der Waals surface area (Å²) in [5.74, 6) is 1.92. The summed E-state index contributed by atoms with van der Waals surface area (Å²) in [6.07, 6.45) is 5.34. The molecular weight excluding hydrogens is 416 g/mol. The number of esters is 1. The van der Waals surface area contributed by atoms with Crippen molar-refractivity contribution in [3.05, 3.63) is 36.3 Å². The lowest BCUT2D eigenvalue weighted by atomic mass is 10.1. The number of imidazole rings is 1. The number of hydrogen-bond donors (Lipinski definition) is 0. The van der Waals surface area contributed by atoms with Crippen molar-refractivity contribution in [2.45, 2.75) is 66.0 Å². The largest absolute Gasteiger partial charge is 0.424 e. The number of aromatic nitrogens is 4. The van der Waals surface area contributed by atoms with Crippen molar-refractivity contribution in [3.8, 4) is 5.75 Å². The van der Waals surface area contributed by atoms with Gasteiger partial charge in [-0.15, -0.1) is 0 Å². The average molecular weight is 449 g/mol. The Morgan fingerprint density at radius 3 is 2.70 bits per heavy atom. The third kappa shape index (κ3) is 4.22. The lowest BCUT2D eigenvalue weighted by Crippen LogP contribution is -2.15. The summed E-state index contributed by atoms with van der Waals surface area (Å²) < 4.78 is 16.0. The highest BCUT2D eigenvalue weighted by Crippen LogP contribution is 2.35. The standard InChI is InChI=1S/C26H32N4O3/c1-16(2)12-22-28-25-24(26-27-19-9-5-6-10-20(19)30(22)26)21(33-23(31)13-17(3)4)15-29(25)14-18-8-7-11-32-18/h5-6,9-10,15-18H,7-8,11-14H2,1-4H3. The monoisotopic (exact) mass is 448 g/mol. The molecule has 0 bridgehead atoms. The average Bonchev–Trinajstić information content (AvgIpc) is 3.45. The number of nitrogens with zero attached hydrogens (tertiary/aromatic N) is 4. The second-order valence-electron chi connectivity index (χ2n) is 9.94. The summed E-state index contributed by atoms with van der Waals surface area (Å²) in [5, 5.41) is 0.786. The number of para-hydroxylation sites is 2. The van der Waals surface area contributed by atoms with E-state index in [9.17, 15) is 4.79 Å². The molecule has 0 aliphatic carbocycles. The third-order valence-electron chi connectivity index (χ3n) is 6.11. The van der Waals surface area contributed by atoms with E-state index in [2.05, 4.69) is 28.9 Å². The van der Waals surface area contributed by atoms with Gasteiger partial charge in [0.05, 0.1) is 23.7 Å². The first-order valence-corrected chi connectivity index (χ1v) is 12.0. The molecule has 4 heterocycles. The van der Waals surface area contributed by atoms with Crippen LogP contribution in [0.5, 0.6) is 5.75 Å². The van der Waals surface area contributed by atoms with Crippen LogP contribution in [0, 0.1) is 11.8 Å². The van der Waals surface area contributed by atoms with Crippen molar-refractivity contribution >= 4 is 33.7 Å². The Morgan fingerprint density at radius 1 is 1.15 bits per heavy atom. The first-order chi connectivity index (χ1) is 15.9. The number of carbonyl (C=O) groups is 1. The Bertz CT molecular complexity index is 1310. The number of hydrogen-bond acceptors (Lipinski definition) is 5.